The van der Waals surface area contributed by atoms with E-state index in [2.05, 4.69) is 4.90 Å². The van der Waals surface area contributed by atoms with Gasteiger partial charge in [0.25, 0.3) is 0 Å². The maximum Gasteiger partial charge on any atom is 0.141 e. The van der Waals surface area contributed by atoms with Crippen LogP contribution in [0.4, 0.5) is 0 Å². The summed E-state index contributed by atoms with van der Waals surface area (Å²) in [5, 5.41) is 9.20. The molecule has 2 fully saturated rings. The average Bonchev–Trinajstić information content (AvgIpc) is 2.42. The van der Waals surface area contributed by atoms with Crippen molar-refractivity contribution in [2.75, 3.05) is 32.9 Å². The Kier molecular flexibility index (Phi) is 5.60. The molecule has 4 nitrogen and oxygen atoms in total. The highest BCUT2D eigenvalue weighted by Crippen LogP contribution is 2.24. The van der Waals surface area contributed by atoms with Crippen molar-refractivity contribution in [2.45, 2.75) is 44.6 Å². The molecular formula is C14H25NO3. The van der Waals surface area contributed by atoms with Gasteiger partial charge in [-0.25, -0.2) is 0 Å². The zero-order valence-corrected chi connectivity index (χ0v) is 11.1. The third-order valence-electron chi connectivity index (χ3n) is 4.20. The molecule has 0 amide bonds. The summed E-state index contributed by atoms with van der Waals surface area (Å²) in [6, 6.07) is 0.556. The largest absolute Gasteiger partial charge is 0.395 e. The van der Waals surface area contributed by atoms with Gasteiger partial charge in [-0.1, -0.05) is 19.3 Å². The molecule has 2 rings (SSSR count). The minimum Gasteiger partial charge on any atom is -0.395 e. The van der Waals surface area contributed by atoms with Crippen LogP contribution >= 0.6 is 0 Å². The number of ether oxygens (including phenoxy) is 1. The molecule has 1 aliphatic carbocycles. The van der Waals surface area contributed by atoms with E-state index in [9.17, 15) is 9.90 Å². The van der Waals surface area contributed by atoms with E-state index in [4.69, 9.17) is 4.74 Å². The molecule has 0 radical (unpaired) electrons. The van der Waals surface area contributed by atoms with E-state index in [1.807, 2.05) is 0 Å². The second kappa shape index (κ2) is 7.22. The van der Waals surface area contributed by atoms with Crippen molar-refractivity contribution in [3.8, 4) is 0 Å². The molecule has 4 heteroatoms. The summed E-state index contributed by atoms with van der Waals surface area (Å²) >= 11 is 0. The molecule has 1 unspecified atom stereocenters. The summed E-state index contributed by atoms with van der Waals surface area (Å²) < 4.78 is 5.41. The van der Waals surface area contributed by atoms with Crippen molar-refractivity contribution in [3.63, 3.8) is 0 Å². The van der Waals surface area contributed by atoms with Gasteiger partial charge in [-0.15, -0.1) is 0 Å². The van der Waals surface area contributed by atoms with Crippen LogP contribution in [-0.4, -0.2) is 54.7 Å². The Morgan fingerprint density at radius 1 is 1.28 bits per heavy atom. The van der Waals surface area contributed by atoms with Crippen molar-refractivity contribution in [3.05, 3.63) is 0 Å². The van der Waals surface area contributed by atoms with Crippen molar-refractivity contribution < 1.29 is 14.6 Å². The summed E-state index contributed by atoms with van der Waals surface area (Å²) in [5.41, 5.74) is 0. The van der Waals surface area contributed by atoms with Crippen LogP contribution in [0.3, 0.4) is 0 Å². The maximum absolute atomic E-state index is 11.8. The van der Waals surface area contributed by atoms with Gasteiger partial charge in [-0.2, -0.15) is 0 Å². The first-order valence-electron chi connectivity index (χ1n) is 7.26. The molecule has 0 aromatic rings. The summed E-state index contributed by atoms with van der Waals surface area (Å²) in [7, 11) is 0. The van der Waals surface area contributed by atoms with Crippen molar-refractivity contribution in [1.29, 1.82) is 0 Å². The predicted molar refractivity (Wildman–Crippen MR) is 69.5 cm³/mol. The van der Waals surface area contributed by atoms with Gasteiger partial charge in [0, 0.05) is 25.6 Å². The molecule has 1 heterocycles. The van der Waals surface area contributed by atoms with Gasteiger partial charge in [-0.3, -0.25) is 9.69 Å². The van der Waals surface area contributed by atoms with Crippen LogP contribution in [0.2, 0.25) is 0 Å². The Morgan fingerprint density at radius 2 is 2.06 bits per heavy atom. The fraction of sp³-hybridized carbons (Fsp3) is 0.929. The lowest BCUT2D eigenvalue weighted by molar-refractivity contribution is -0.131. The zero-order chi connectivity index (χ0) is 12.8. The number of aliphatic hydroxyl groups is 1. The van der Waals surface area contributed by atoms with E-state index < -0.39 is 0 Å². The molecular weight excluding hydrogens is 230 g/mol. The lowest BCUT2D eigenvalue weighted by Crippen LogP contribution is -2.45. The number of aliphatic hydroxyl groups excluding tert-OH is 1. The van der Waals surface area contributed by atoms with Crippen LogP contribution < -0.4 is 0 Å². The first-order chi connectivity index (χ1) is 8.81. The van der Waals surface area contributed by atoms with E-state index >= 15 is 0 Å². The molecule has 0 spiro atoms. The normalized spacial score (nSPS) is 26.8. The molecule has 2 aliphatic rings. The highest BCUT2D eigenvalue weighted by molar-refractivity contribution is 5.82. The van der Waals surface area contributed by atoms with Crippen molar-refractivity contribution in [1.82, 2.24) is 4.90 Å². The molecule has 18 heavy (non-hydrogen) atoms. The van der Waals surface area contributed by atoms with Crippen LogP contribution in [-0.2, 0) is 9.53 Å². The third kappa shape index (κ3) is 3.77. The Balaban J connectivity index is 1.89. The van der Waals surface area contributed by atoms with Crippen LogP contribution in [0.5, 0.6) is 0 Å². The minimum atomic E-state index is 0.0206. The van der Waals surface area contributed by atoms with Crippen molar-refractivity contribution in [2.24, 2.45) is 5.92 Å². The van der Waals surface area contributed by atoms with Gasteiger partial charge in [0.1, 0.15) is 5.78 Å². The minimum absolute atomic E-state index is 0.0206. The molecule has 1 aliphatic heterocycles. The molecule has 0 aromatic heterocycles. The van der Waals surface area contributed by atoms with Gasteiger partial charge in [0.2, 0.25) is 0 Å². The number of hydrogen-bond donors (Lipinski definition) is 1. The fourth-order valence-electron chi connectivity index (χ4n) is 3.13. The molecule has 1 saturated carbocycles. The number of rotatable bonds is 5. The van der Waals surface area contributed by atoms with Crippen LogP contribution in [0.1, 0.15) is 38.5 Å². The van der Waals surface area contributed by atoms with E-state index in [0.29, 0.717) is 38.0 Å². The molecule has 0 bridgehead atoms. The molecule has 104 valence electrons. The lowest BCUT2D eigenvalue weighted by atomic mass is 9.92. The zero-order valence-electron chi connectivity index (χ0n) is 11.1. The van der Waals surface area contributed by atoms with Crippen molar-refractivity contribution >= 4 is 5.78 Å². The Morgan fingerprint density at radius 3 is 2.72 bits per heavy atom. The van der Waals surface area contributed by atoms with Crippen LogP contribution in [0.25, 0.3) is 0 Å². The standard InChI is InChI=1S/C14H25NO3/c16-8-7-15(13-4-2-1-3-5-13)10-12-11-18-9-6-14(12)17/h12-13,16H,1-11H2. The highest BCUT2D eigenvalue weighted by Gasteiger charge is 2.28. The topological polar surface area (TPSA) is 49.8 Å². The number of carbonyl (C=O) groups is 1. The van der Waals surface area contributed by atoms with E-state index in [1.54, 1.807) is 0 Å². The Hall–Kier alpha value is -0.450. The summed E-state index contributed by atoms with van der Waals surface area (Å²) in [5.74, 6) is 0.354. The Labute approximate surface area is 109 Å². The average molecular weight is 255 g/mol. The quantitative estimate of drug-likeness (QED) is 0.802. The second-order valence-electron chi connectivity index (χ2n) is 5.50. The molecule has 1 saturated heterocycles. The first kappa shape index (κ1) is 14.0. The molecule has 0 aromatic carbocycles. The predicted octanol–water partition coefficient (Wildman–Crippen LogP) is 1.22. The first-order valence-corrected chi connectivity index (χ1v) is 7.26. The monoisotopic (exact) mass is 255 g/mol. The summed E-state index contributed by atoms with van der Waals surface area (Å²) in [6.07, 6.45) is 6.87. The van der Waals surface area contributed by atoms with Gasteiger partial charge in [0.15, 0.2) is 0 Å². The van der Waals surface area contributed by atoms with E-state index in [1.165, 1.54) is 32.1 Å². The number of Topliss-reactive ketones (excluding diaryl/α,β-unsaturated/α-hetero) is 1. The maximum atomic E-state index is 11.8. The summed E-state index contributed by atoms with van der Waals surface area (Å²) in [4.78, 5) is 14.2. The Bertz CT molecular complexity index is 264. The van der Waals surface area contributed by atoms with Crippen LogP contribution in [0, 0.1) is 5.92 Å². The smallest absolute Gasteiger partial charge is 0.141 e. The third-order valence-corrected chi connectivity index (χ3v) is 4.20. The molecule has 1 atom stereocenters. The van der Waals surface area contributed by atoms with Crippen LogP contribution in [0.15, 0.2) is 0 Å². The second-order valence-corrected chi connectivity index (χ2v) is 5.50. The number of ketones is 1. The summed E-state index contributed by atoms with van der Waals surface area (Å²) in [6.45, 7) is 2.78. The number of carbonyl (C=O) groups excluding carboxylic acids is 1. The lowest BCUT2D eigenvalue weighted by Gasteiger charge is -2.36. The molecule has 1 N–H and O–H groups in total. The highest BCUT2D eigenvalue weighted by atomic mass is 16.5. The fourth-order valence-corrected chi connectivity index (χ4v) is 3.13. The van der Waals surface area contributed by atoms with Gasteiger partial charge >= 0.3 is 0 Å². The number of hydrogen-bond acceptors (Lipinski definition) is 4. The van der Waals surface area contributed by atoms with Gasteiger partial charge in [-0.05, 0) is 12.8 Å². The van der Waals surface area contributed by atoms with E-state index in [0.717, 1.165) is 6.54 Å². The van der Waals surface area contributed by atoms with Gasteiger partial charge < -0.3 is 9.84 Å². The SMILES string of the molecule is O=C1CCOCC1CN(CCO)C1CCCCC1. The number of nitrogens with zero attached hydrogens (tertiary/aromatic N) is 1. The van der Waals surface area contributed by atoms with E-state index in [-0.39, 0.29) is 12.5 Å². The van der Waals surface area contributed by atoms with Gasteiger partial charge in [0.05, 0.1) is 25.7 Å².